The van der Waals surface area contributed by atoms with Crippen LogP contribution in [0.5, 0.6) is 11.5 Å². The number of hydrogen-bond acceptors (Lipinski definition) is 4. The number of benzene rings is 2. The lowest BCUT2D eigenvalue weighted by atomic mass is 9.87. The van der Waals surface area contributed by atoms with Crippen LogP contribution in [0, 0.1) is 0 Å². The predicted octanol–water partition coefficient (Wildman–Crippen LogP) is 3.11. The first-order chi connectivity index (χ1) is 10.1. The molecule has 1 atom stereocenters. The van der Waals surface area contributed by atoms with Gasteiger partial charge in [0, 0.05) is 0 Å². The van der Waals surface area contributed by atoms with E-state index in [0.29, 0.717) is 6.42 Å². The molecule has 0 bridgehead atoms. The Hall–Kier alpha value is -2.20. The second-order valence-corrected chi connectivity index (χ2v) is 4.97. The van der Waals surface area contributed by atoms with E-state index in [1.165, 1.54) is 0 Å². The second-order valence-electron chi connectivity index (χ2n) is 4.97. The molecule has 2 rings (SSSR count). The van der Waals surface area contributed by atoms with Crippen molar-refractivity contribution in [3.8, 4) is 11.5 Å². The van der Waals surface area contributed by atoms with Crippen molar-refractivity contribution in [2.24, 2.45) is 0 Å². The van der Waals surface area contributed by atoms with Gasteiger partial charge in [0.1, 0.15) is 11.5 Å². The molecule has 0 aliphatic carbocycles. The van der Waals surface area contributed by atoms with Gasteiger partial charge in [-0.1, -0.05) is 31.2 Å². The van der Waals surface area contributed by atoms with Crippen LogP contribution in [0.15, 0.2) is 48.5 Å². The monoisotopic (exact) mass is 287 g/mol. The molecule has 0 radical (unpaired) electrons. The second kappa shape index (κ2) is 6.50. The zero-order chi connectivity index (χ0) is 15.3. The number of methoxy groups -OCH3 is 1. The lowest BCUT2D eigenvalue weighted by Gasteiger charge is -2.34. The molecule has 0 heterocycles. The van der Waals surface area contributed by atoms with Crippen molar-refractivity contribution in [1.29, 1.82) is 0 Å². The van der Waals surface area contributed by atoms with Crippen molar-refractivity contribution in [1.82, 2.24) is 0 Å². The van der Waals surface area contributed by atoms with E-state index in [0.717, 1.165) is 17.0 Å². The van der Waals surface area contributed by atoms with E-state index in [-0.39, 0.29) is 12.4 Å². The Kier molecular flexibility index (Phi) is 4.70. The molecule has 3 N–H and O–H groups in total. The summed E-state index contributed by atoms with van der Waals surface area (Å²) in [4.78, 5) is 0. The molecule has 21 heavy (non-hydrogen) atoms. The number of aliphatic hydroxyl groups excluding tert-OH is 1. The summed E-state index contributed by atoms with van der Waals surface area (Å²) in [6.07, 6.45) is 0.687. The normalized spacial score (nSPS) is 13.5. The number of aliphatic hydroxyl groups is 1. The van der Waals surface area contributed by atoms with Crippen LogP contribution < -0.4 is 10.1 Å². The van der Waals surface area contributed by atoms with Crippen LogP contribution in [0.3, 0.4) is 0 Å². The zero-order valence-electron chi connectivity index (χ0n) is 12.3. The summed E-state index contributed by atoms with van der Waals surface area (Å²) in [6, 6.07) is 14.5. The van der Waals surface area contributed by atoms with Crippen molar-refractivity contribution < 1.29 is 14.9 Å². The van der Waals surface area contributed by atoms with Crippen LogP contribution >= 0.6 is 0 Å². The molecule has 2 aromatic carbocycles. The largest absolute Gasteiger partial charge is 0.508 e. The molecule has 0 aromatic heterocycles. The lowest BCUT2D eigenvalue weighted by Crippen LogP contribution is -2.38. The standard InChI is InChI=1S/C17H21NO3/c1-3-17(12-19,13-8-10-14(20)11-9-13)18-15-6-4-5-7-16(15)21-2/h4-11,18-20H,3,12H2,1-2H3. The molecule has 0 saturated carbocycles. The summed E-state index contributed by atoms with van der Waals surface area (Å²) in [7, 11) is 1.62. The highest BCUT2D eigenvalue weighted by Gasteiger charge is 2.30. The van der Waals surface area contributed by atoms with Crippen molar-refractivity contribution in [3.63, 3.8) is 0 Å². The third kappa shape index (κ3) is 3.11. The third-order valence-electron chi connectivity index (χ3n) is 3.77. The summed E-state index contributed by atoms with van der Waals surface area (Å²) >= 11 is 0. The number of phenols is 1. The predicted molar refractivity (Wildman–Crippen MR) is 83.8 cm³/mol. The van der Waals surface area contributed by atoms with Gasteiger partial charge in [0.25, 0.3) is 0 Å². The van der Waals surface area contributed by atoms with Gasteiger partial charge in [-0.2, -0.15) is 0 Å². The number of phenolic OH excluding ortho intramolecular Hbond substituents is 1. The first-order valence-electron chi connectivity index (χ1n) is 6.97. The van der Waals surface area contributed by atoms with E-state index in [2.05, 4.69) is 5.32 Å². The number of rotatable bonds is 6. The van der Waals surface area contributed by atoms with Crippen molar-refractivity contribution in [2.45, 2.75) is 18.9 Å². The fourth-order valence-electron chi connectivity index (χ4n) is 2.39. The molecule has 1 unspecified atom stereocenters. The Morgan fingerprint density at radius 2 is 1.76 bits per heavy atom. The van der Waals surface area contributed by atoms with Crippen LogP contribution in [0.1, 0.15) is 18.9 Å². The Bertz CT molecular complexity index is 577. The summed E-state index contributed by atoms with van der Waals surface area (Å²) < 4.78 is 5.35. The number of hydrogen-bond donors (Lipinski definition) is 3. The molecular formula is C17H21NO3. The van der Waals surface area contributed by atoms with Crippen LogP contribution in [-0.4, -0.2) is 23.9 Å². The van der Waals surface area contributed by atoms with Gasteiger partial charge in [0.15, 0.2) is 0 Å². The van der Waals surface area contributed by atoms with E-state index < -0.39 is 5.54 Å². The van der Waals surface area contributed by atoms with E-state index in [1.54, 1.807) is 19.2 Å². The van der Waals surface area contributed by atoms with E-state index in [4.69, 9.17) is 4.74 Å². The lowest BCUT2D eigenvalue weighted by molar-refractivity contribution is 0.207. The van der Waals surface area contributed by atoms with Crippen LogP contribution in [0.2, 0.25) is 0 Å². The SMILES string of the molecule is CCC(CO)(Nc1ccccc1OC)c1ccc(O)cc1. The van der Waals surface area contributed by atoms with Crippen LogP contribution in [0.25, 0.3) is 0 Å². The Morgan fingerprint density at radius 1 is 1.10 bits per heavy atom. The molecular weight excluding hydrogens is 266 g/mol. The Balaban J connectivity index is 2.40. The summed E-state index contributed by atoms with van der Waals surface area (Å²) in [6.45, 7) is 1.94. The van der Waals surface area contributed by atoms with Gasteiger partial charge in [0.05, 0.1) is 24.9 Å². The molecule has 0 aliphatic heterocycles. The molecule has 0 spiro atoms. The first-order valence-corrected chi connectivity index (χ1v) is 6.97. The van der Waals surface area contributed by atoms with E-state index in [9.17, 15) is 10.2 Å². The third-order valence-corrected chi connectivity index (χ3v) is 3.77. The average Bonchev–Trinajstić information content (AvgIpc) is 2.54. The Labute approximate surface area is 125 Å². The number of nitrogens with one attached hydrogen (secondary N) is 1. The van der Waals surface area contributed by atoms with Crippen molar-refractivity contribution in [2.75, 3.05) is 19.0 Å². The molecule has 0 amide bonds. The van der Waals surface area contributed by atoms with Crippen molar-refractivity contribution >= 4 is 5.69 Å². The molecule has 112 valence electrons. The summed E-state index contributed by atoms with van der Waals surface area (Å²) in [5.41, 5.74) is 1.11. The smallest absolute Gasteiger partial charge is 0.141 e. The minimum absolute atomic E-state index is 0.0632. The Morgan fingerprint density at radius 3 is 2.33 bits per heavy atom. The highest BCUT2D eigenvalue weighted by Crippen LogP contribution is 2.34. The fraction of sp³-hybridized carbons (Fsp3) is 0.294. The van der Waals surface area contributed by atoms with Gasteiger partial charge in [-0.15, -0.1) is 0 Å². The highest BCUT2D eigenvalue weighted by atomic mass is 16.5. The van der Waals surface area contributed by atoms with Gasteiger partial charge in [-0.25, -0.2) is 0 Å². The topological polar surface area (TPSA) is 61.7 Å². The maximum absolute atomic E-state index is 9.96. The van der Waals surface area contributed by atoms with Gasteiger partial charge in [-0.05, 0) is 36.2 Å². The maximum Gasteiger partial charge on any atom is 0.141 e. The van der Waals surface area contributed by atoms with Gasteiger partial charge < -0.3 is 20.3 Å². The van der Waals surface area contributed by atoms with Gasteiger partial charge in [-0.3, -0.25) is 0 Å². The highest BCUT2D eigenvalue weighted by molar-refractivity contribution is 5.59. The van der Waals surface area contributed by atoms with Crippen LogP contribution in [-0.2, 0) is 5.54 Å². The number of aromatic hydroxyl groups is 1. The number of para-hydroxylation sites is 2. The summed E-state index contributed by atoms with van der Waals surface area (Å²) in [5.74, 6) is 0.932. The van der Waals surface area contributed by atoms with Gasteiger partial charge >= 0.3 is 0 Å². The quantitative estimate of drug-likeness (QED) is 0.764. The molecule has 0 fully saturated rings. The minimum atomic E-state index is -0.623. The zero-order valence-corrected chi connectivity index (χ0v) is 12.3. The number of anilines is 1. The minimum Gasteiger partial charge on any atom is -0.508 e. The van der Waals surface area contributed by atoms with E-state index >= 15 is 0 Å². The molecule has 2 aromatic rings. The van der Waals surface area contributed by atoms with Gasteiger partial charge in [0.2, 0.25) is 0 Å². The summed E-state index contributed by atoms with van der Waals surface area (Å²) in [5, 5.41) is 22.8. The maximum atomic E-state index is 9.96. The first kappa shape index (κ1) is 15.2. The fourth-order valence-corrected chi connectivity index (χ4v) is 2.39. The average molecular weight is 287 g/mol. The van der Waals surface area contributed by atoms with Crippen LogP contribution in [0.4, 0.5) is 5.69 Å². The number of ether oxygens (including phenoxy) is 1. The van der Waals surface area contributed by atoms with E-state index in [1.807, 2.05) is 43.3 Å². The molecule has 0 aliphatic rings. The molecule has 4 nitrogen and oxygen atoms in total. The molecule has 0 saturated heterocycles. The molecule has 4 heteroatoms. The van der Waals surface area contributed by atoms with Crippen molar-refractivity contribution in [3.05, 3.63) is 54.1 Å².